The highest BCUT2D eigenvalue weighted by Gasteiger charge is 2.34. The SMILES string of the molecule is O=S(=O)(CCN1CCC[C@@H]1c1noc(C2CC2)n1)c1ccccc1. The molecule has 6 nitrogen and oxygen atoms in total. The molecule has 1 atom stereocenters. The van der Waals surface area contributed by atoms with Crippen LogP contribution < -0.4 is 0 Å². The molecule has 1 saturated carbocycles. The van der Waals surface area contributed by atoms with Gasteiger partial charge in [-0.15, -0.1) is 0 Å². The largest absolute Gasteiger partial charge is 0.339 e. The number of nitrogens with zero attached hydrogens (tertiary/aromatic N) is 3. The van der Waals surface area contributed by atoms with E-state index in [0.717, 1.165) is 38.1 Å². The number of hydrogen-bond acceptors (Lipinski definition) is 6. The minimum Gasteiger partial charge on any atom is -0.339 e. The minimum absolute atomic E-state index is 0.0761. The number of sulfone groups is 1. The second-order valence-corrected chi connectivity index (χ2v) is 8.70. The summed E-state index contributed by atoms with van der Waals surface area (Å²) in [6.45, 7) is 1.37. The summed E-state index contributed by atoms with van der Waals surface area (Å²) in [5.41, 5.74) is 0. The van der Waals surface area contributed by atoms with E-state index in [2.05, 4.69) is 15.0 Å². The number of likely N-dealkylation sites (tertiary alicyclic amines) is 1. The maximum Gasteiger partial charge on any atom is 0.229 e. The number of aromatic nitrogens is 2. The van der Waals surface area contributed by atoms with Crippen LogP contribution in [0, 0.1) is 0 Å². The lowest BCUT2D eigenvalue weighted by Crippen LogP contribution is -2.29. The van der Waals surface area contributed by atoms with Crippen molar-refractivity contribution in [3.05, 3.63) is 42.0 Å². The Hall–Kier alpha value is -1.73. The molecular weight excluding hydrogens is 326 g/mol. The van der Waals surface area contributed by atoms with Gasteiger partial charge in [0.2, 0.25) is 5.89 Å². The average Bonchev–Trinajstić information content (AvgIpc) is 3.14. The van der Waals surface area contributed by atoms with Crippen LogP contribution in [0.3, 0.4) is 0 Å². The molecular formula is C17H21N3O3S. The quantitative estimate of drug-likeness (QED) is 0.799. The van der Waals surface area contributed by atoms with Gasteiger partial charge in [-0.05, 0) is 44.4 Å². The van der Waals surface area contributed by atoms with E-state index >= 15 is 0 Å². The first-order valence-electron chi connectivity index (χ1n) is 8.49. The summed E-state index contributed by atoms with van der Waals surface area (Å²) < 4.78 is 30.3. The van der Waals surface area contributed by atoms with Crippen molar-refractivity contribution >= 4 is 9.84 Å². The molecule has 0 N–H and O–H groups in total. The molecule has 1 aromatic heterocycles. The topological polar surface area (TPSA) is 76.3 Å². The number of rotatable bonds is 6. The van der Waals surface area contributed by atoms with Gasteiger partial charge in [0.25, 0.3) is 0 Å². The summed E-state index contributed by atoms with van der Waals surface area (Å²) in [7, 11) is -3.26. The Kier molecular flexibility index (Phi) is 4.14. The van der Waals surface area contributed by atoms with E-state index in [1.165, 1.54) is 0 Å². The third kappa shape index (κ3) is 3.23. The van der Waals surface area contributed by atoms with Crippen molar-refractivity contribution < 1.29 is 12.9 Å². The Balaban J connectivity index is 1.43. The van der Waals surface area contributed by atoms with Crippen LogP contribution in [0.5, 0.6) is 0 Å². The molecule has 4 rings (SSSR count). The van der Waals surface area contributed by atoms with E-state index in [9.17, 15) is 8.42 Å². The lowest BCUT2D eigenvalue weighted by Gasteiger charge is -2.21. The summed E-state index contributed by atoms with van der Waals surface area (Å²) in [4.78, 5) is 7.09. The van der Waals surface area contributed by atoms with Crippen LogP contribution in [0.4, 0.5) is 0 Å². The molecule has 1 saturated heterocycles. The van der Waals surface area contributed by atoms with Crippen molar-refractivity contribution in [3.63, 3.8) is 0 Å². The van der Waals surface area contributed by atoms with Gasteiger partial charge < -0.3 is 4.52 Å². The molecule has 0 spiro atoms. The van der Waals surface area contributed by atoms with Gasteiger partial charge in [-0.25, -0.2) is 8.42 Å². The molecule has 24 heavy (non-hydrogen) atoms. The van der Waals surface area contributed by atoms with Crippen molar-refractivity contribution in [3.8, 4) is 0 Å². The summed E-state index contributed by atoms with van der Waals surface area (Å²) in [5.74, 6) is 2.01. The van der Waals surface area contributed by atoms with Crippen molar-refractivity contribution in [1.29, 1.82) is 0 Å². The first-order valence-corrected chi connectivity index (χ1v) is 10.1. The van der Waals surface area contributed by atoms with Gasteiger partial charge in [-0.3, -0.25) is 4.90 Å². The summed E-state index contributed by atoms with van der Waals surface area (Å²) in [5, 5.41) is 4.14. The van der Waals surface area contributed by atoms with E-state index in [0.29, 0.717) is 23.2 Å². The third-order valence-corrected chi connectivity index (χ3v) is 6.51. The Morgan fingerprint density at radius 2 is 1.96 bits per heavy atom. The van der Waals surface area contributed by atoms with E-state index in [-0.39, 0.29) is 11.8 Å². The molecule has 0 unspecified atom stereocenters. The fraction of sp³-hybridized carbons (Fsp3) is 0.529. The molecule has 1 aromatic carbocycles. The molecule has 2 heterocycles. The predicted octanol–water partition coefficient (Wildman–Crippen LogP) is 2.56. The third-order valence-electron chi connectivity index (χ3n) is 4.80. The number of hydrogen-bond donors (Lipinski definition) is 0. The zero-order valence-electron chi connectivity index (χ0n) is 13.5. The van der Waals surface area contributed by atoms with Crippen LogP contribution in [0.25, 0.3) is 0 Å². The Morgan fingerprint density at radius 1 is 1.17 bits per heavy atom. The maximum absolute atomic E-state index is 12.5. The normalized spacial score (nSPS) is 22.1. The lowest BCUT2D eigenvalue weighted by atomic mass is 10.2. The van der Waals surface area contributed by atoms with Gasteiger partial charge in [0.1, 0.15) is 0 Å². The standard InChI is InChI=1S/C17H21N3O3S/c21-24(22,14-5-2-1-3-6-14)12-11-20-10-4-7-15(20)16-18-17(23-19-16)13-8-9-13/h1-3,5-6,13,15H,4,7-12H2/t15-/m1/s1. The Morgan fingerprint density at radius 3 is 2.71 bits per heavy atom. The van der Waals surface area contributed by atoms with Crippen molar-refractivity contribution in [2.24, 2.45) is 0 Å². The van der Waals surface area contributed by atoms with Gasteiger partial charge in [0.15, 0.2) is 15.7 Å². The molecule has 0 radical (unpaired) electrons. The maximum atomic E-state index is 12.5. The summed E-state index contributed by atoms with van der Waals surface area (Å²) in [6.07, 6.45) is 4.25. The van der Waals surface area contributed by atoms with Crippen LogP contribution in [0.15, 0.2) is 39.8 Å². The first kappa shape index (κ1) is 15.8. The van der Waals surface area contributed by atoms with E-state index in [1.54, 1.807) is 24.3 Å². The highest BCUT2D eigenvalue weighted by Crippen LogP contribution is 2.40. The highest BCUT2D eigenvalue weighted by atomic mass is 32.2. The predicted molar refractivity (Wildman–Crippen MR) is 88.3 cm³/mol. The van der Waals surface area contributed by atoms with Crippen LogP contribution in [0.1, 0.15) is 49.4 Å². The van der Waals surface area contributed by atoms with E-state index in [1.807, 2.05) is 6.07 Å². The highest BCUT2D eigenvalue weighted by molar-refractivity contribution is 7.91. The van der Waals surface area contributed by atoms with Gasteiger partial charge in [0, 0.05) is 12.5 Å². The second kappa shape index (κ2) is 6.29. The van der Waals surface area contributed by atoms with E-state index in [4.69, 9.17) is 4.52 Å². The Bertz CT molecular complexity index is 799. The van der Waals surface area contributed by atoms with Gasteiger partial charge in [-0.1, -0.05) is 23.4 Å². The first-order chi connectivity index (χ1) is 11.6. The van der Waals surface area contributed by atoms with Crippen LogP contribution in [-0.2, 0) is 9.84 Å². The van der Waals surface area contributed by atoms with Crippen LogP contribution >= 0.6 is 0 Å². The molecule has 2 aliphatic rings. The van der Waals surface area contributed by atoms with Crippen molar-refractivity contribution in [1.82, 2.24) is 15.0 Å². The minimum atomic E-state index is -3.26. The smallest absolute Gasteiger partial charge is 0.229 e. The number of benzene rings is 1. The zero-order chi connectivity index (χ0) is 16.6. The summed E-state index contributed by atoms with van der Waals surface area (Å²) in [6, 6.07) is 8.71. The van der Waals surface area contributed by atoms with Gasteiger partial charge in [-0.2, -0.15) is 4.98 Å². The molecule has 7 heteroatoms. The van der Waals surface area contributed by atoms with Crippen LogP contribution in [0.2, 0.25) is 0 Å². The van der Waals surface area contributed by atoms with Crippen molar-refractivity contribution in [2.75, 3.05) is 18.8 Å². The van der Waals surface area contributed by atoms with E-state index < -0.39 is 9.84 Å². The zero-order valence-corrected chi connectivity index (χ0v) is 14.3. The molecule has 1 aliphatic carbocycles. The van der Waals surface area contributed by atoms with Crippen molar-refractivity contribution in [2.45, 2.75) is 42.5 Å². The fourth-order valence-corrected chi connectivity index (χ4v) is 4.53. The van der Waals surface area contributed by atoms with Crippen LogP contribution in [-0.4, -0.2) is 42.3 Å². The molecule has 128 valence electrons. The fourth-order valence-electron chi connectivity index (χ4n) is 3.25. The molecule has 2 aromatic rings. The monoisotopic (exact) mass is 347 g/mol. The Labute approximate surface area is 141 Å². The molecule has 0 bridgehead atoms. The lowest BCUT2D eigenvalue weighted by molar-refractivity contribution is 0.255. The average molecular weight is 347 g/mol. The summed E-state index contributed by atoms with van der Waals surface area (Å²) >= 11 is 0. The van der Waals surface area contributed by atoms with Gasteiger partial charge >= 0.3 is 0 Å². The molecule has 0 amide bonds. The second-order valence-electron chi connectivity index (χ2n) is 6.59. The van der Waals surface area contributed by atoms with Gasteiger partial charge in [0.05, 0.1) is 16.7 Å². The molecule has 1 aliphatic heterocycles. The molecule has 2 fully saturated rings.